The summed E-state index contributed by atoms with van der Waals surface area (Å²) < 4.78 is 14.1. The summed E-state index contributed by atoms with van der Waals surface area (Å²) in [6.07, 6.45) is 5.32. The van der Waals surface area contributed by atoms with Crippen LogP contribution in [0, 0.1) is 11.7 Å². The Morgan fingerprint density at radius 1 is 1.07 bits per heavy atom. The minimum absolute atomic E-state index is 0.174. The van der Waals surface area contributed by atoms with E-state index in [1.54, 1.807) is 36.7 Å². The van der Waals surface area contributed by atoms with Crippen LogP contribution in [-0.4, -0.2) is 33.9 Å². The molecule has 1 aliphatic rings. The van der Waals surface area contributed by atoms with E-state index in [1.165, 1.54) is 6.07 Å². The molecule has 30 heavy (non-hydrogen) atoms. The highest BCUT2D eigenvalue weighted by Crippen LogP contribution is 2.30. The maximum atomic E-state index is 14.1. The lowest BCUT2D eigenvalue weighted by molar-refractivity contribution is 0.0869. The summed E-state index contributed by atoms with van der Waals surface area (Å²) in [5.41, 5.74) is 1.92. The Balaban J connectivity index is 1.52. The summed E-state index contributed by atoms with van der Waals surface area (Å²) in [6, 6.07) is 17.7. The molecule has 5 nitrogen and oxygen atoms in total. The molecule has 0 spiro atoms. The number of carbonyl (C=O) groups is 1. The van der Waals surface area contributed by atoms with Crippen LogP contribution < -0.4 is 5.32 Å². The number of likely N-dealkylation sites (tertiary alicyclic amines) is 1. The topological polar surface area (TPSA) is 58.1 Å². The van der Waals surface area contributed by atoms with E-state index < -0.39 is 0 Å². The molecular weight excluding hydrogens is 379 g/mol. The Hall–Kier alpha value is -3.12. The molecule has 0 unspecified atom stereocenters. The maximum Gasteiger partial charge on any atom is 0.270 e. The summed E-state index contributed by atoms with van der Waals surface area (Å²) in [5.74, 6) is -0.213. The maximum absolute atomic E-state index is 14.1. The number of aromatic nitrogens is 2. The number of carbonyl (C=O) groups excluding carboxylic acids is 1. The van der Waals surface area contributed by atoms with Crippen molar-refractivity contribution in [1.29, 1.82) is 0 Å². The predicted octanol–water partition coefficient (Wildman–Crippen LogP) is 4.00. The highest BCUT2D eigenvalue weighted by Gasteiger charge is 2.31. The Kier molecular flexibility index (Phi) is 6.44. The van der Waals surface area contributed by atoms with Gasteiger partial charge in [0.25, 0.3) is 5.91 Å². The summed E-state index contributed by atoms with van der Waals surface area (Å²) >= 11 is 0. The lowest BCUT2D eigenvalue weighted by Crippen LogP contribution is -2.43. The van der Waals surface area contributed by atoms with Crippen molar-refractivity contribution >= 4 is 5.91 Å². The van der Waals surface area contributed by atoms with Crippen LogP contribution in [0.2, 0.25) is 0 Å². The van der Waals surface area contributed by atoms with E-state index in [2.05, 4.69) is 20.2 Å². The Morgan fingerprint density at radius 3 is 2.57 bits per heavy atom. The highest BCUT2D eigenvalue weighted by atomic mass is 19.1. The number of piperidine rings is 1. The molecule has 1 fully saturated rings. The number of nitrogens with one attached hydrogen (secondary N) is 1. The van der Waals surface area contributed by atoms with Crippen molar-refractivity contribution < 1.29 is 9.18 Å². The highest BCUT2D eigenvalue weighted by molar-refractivity contribution is 5.92. The number of hydrogen-bond acceptors (Lipinski definition) is 4. The summed E-state index contributed by atoms with van der Waals surface area (Å²) in [5, 5.41) is 3.15. The third-order valence-electron chi connectivity index (χ3n) is 5.56. The lowest BCUT2D eigenvalue weighted by Gasteiger charge is -2.37. The number of pyridine rings is 2. The monoisotopic (exact) mass is 404 g/mol. The zero-order chi connectivity index (χ0) is 20.8. The van der Waals surface area contributed by atoms with Crippen molar-refractivity contribution in [3.8, 4) is 0 Å². The minimum atomic E-state index is -0.232. The smallest absolute Gasteiger partial charge is 0.270 e. The van der Waals surface area contributed by atoms with Crippen molar-refractivity contribution in [2.45, 2.75) is 25.4 Å². The number of nitrogens with zero attached hydrogens (tertiary/aromatic N) is 3. The SMILES string of the molecule is O=C(N[C@H](c1ccccn1)[C@H]1CCCN(Cc2ccccc2F)C1)c1ccccn1. The quantitative estimate of drug-likeness (QED) is 0.675. The van der Waals surface area contributed by atoms with Crippen LogP contribution in [-0.2, 0) is 6.54 Å². The fourth-order valence-corrected chi connectivity index (χ4v) is 4.08. The van der Waals surface area contributed by atoms with Gasteiger partial charge in [-0.1, -0.05) is 30.3 Å². The molecule has 1 saturated heterocycles. The van der Waals surface area contributed by atoms with Gasteiger partial charge in [0.2, 0.25) is 0 Å². The van der Waals surface area contributed by atoms with Gasteiger partial charge >= 0.3 is 0 Å². The van der Waals surface area contributed by atoms with Crippen molar-refractivity contribution in [2.24, 2.45) is 5.92 Å². The van der Waals surface area contributed by atoms with Gasteiger partial charge in [0.05, 0.1) is 11.7 Å². The van der Waals surface area contributed by atoms with Gasteiger partial charge in [-0.2, -0.15) is 0 Å². The normalized spacial score (nSPS) is 18.0. The van der Waals surface area contributed by atoms with Gasteiger partial charge in [-0.3, -0.25) is 19.7 Å². The van der Waals surface area contributed by atoms with Gasteiger partial charge in [-0.25, -0.2) is 4.39 Å². The molecule has 3 heterocycles. The zero-order valence-corrected chi connectivity index (χ0v) is 16.7. The van der Waals surface area contributed by atoms with E-state index in [4.69, 9.17) is 0 Å². The van der Waals surface area contributed by atoms with E-state index in [1.807, 2.05) is 30.3 Å². The Bertz CT molecular complexity index is 967. The molecule has 3 aromatic rings. The van der Waals surface area contributed by atoms with Crippen molar-refractivity contribution in [2.75, 3.05) is 13.1 Å². The van der Waals surface area contributed by atoms with Gasteiger partial charge in [0, 0.05) is 31.0 Å². The molecule has 0 radical (unpaired) electrons. The summed E-state index contributed by atoms with van der Waals surface area (Å²) in [4.78, 5) is 23.8. The summed E-state index contributed by atoms with van der Waals surface area (Å²) in [7, 11) is 0. The average molecular weight is 404 g/mol. The third-order valence-corrected chi connectivity index (χ3v) is 5.56. The van der Waals surface area contributed by atoms with Gasteiger partial charge in [-0.05, 0) is 55.6 Å². The molecule has 1 amide bonds. The number of halogens is 1. The molecule has 2 aromatic heterocycles. The van der Waals surface area contributed by atoms with Gasteiger partial charge in [0.1, 0.15) is 11.5 Å². The van der Waals surface area contributed by atoms with Crippen molar-refractivity contribution in [1.82, 2.24) is 20.2 Å². The Labute approximate surface area is 176 Å². The predicted molar refractivity (Wildman–Crippen MR) is 113 cm³/mol. The second-order valence-corrected chi connectivity index (χ2v) is 7.65. The van der Waals surface area contributed by atoms with E-state index in [9.17, 15) is 9.18 Å². The lowest BCUT2D eigenvalue weighted by atomic mass is 9.88. The minimum Gasteiger partial charge on any atom is -0.342 e. The van der Waals surface area contributed by atoms with Crippen LogP contribution >= 0.6 is 0 Å². The van der Waals surface area contributed by atoms with Crippen LogP contribution in [0.3, 0.4) is 0 Å². The second kappa shape index (κ2) is 9.59. The van der Waals surface area contributed by atoms with E-state index in [0.29, 0.717) is 17.8 Å². The molecule has 154 valence electrons. The van der Waals surface area contributed by atoms with Gasteiger partial charge < -0.3 is 5.32 Å². The average Bonchev–Trinajstić information content (AvgIpc) is 2.80. The number of rotatable bonds is 6. The number of benzene rings is 1. The molecule has 0 saturated carbocycles. The fourth-order valence-electron chi connectivity index (χ4n) is 4.08. The van der Waals surface area contributed by atoms with Crippen LogP contribution in [0.15, 0.2) is 73.1 Å². The standard InChI is InChI=1S/C24H25FN4O/c25-20-10-2-1-8-18(20)16-29-15-7-9-19(17-29)23(21-11-3-5-13-26-21)28-24(30)22-12-4-6-14-27-22/h1-6,8,10-14,19,23H,7,9,15-17H2,(H,28,30)/t19-,23-/m0/s1. The largest absolute Gasteiger partial charge is 0.342 e. The molecular formula is C24H25FN4O. The fraction of sp³-hybridized carbons (Fsp3) is 0.292. The van der Waals surface area contributed by atoms with Crippen LogP contribution in [0.4, 0.5) is 4.39 Å². The first-order valence-corrected chi connectivity index (χ1v) is 10.3. The Morgan fingerprint density at radius 2 is 1.83 bits per heavy atom. The first-order chi connectivity index (χ1) is 14.7. The van der Waals surface area contributed by atoms with Gasteiger partial charge in [0.15, 0.2) is 0 Å². The number of hydrogen-bond donors (Lipinski definition) is 1. The third kappa shape index (κ3) is 4.89. The van der Waals surface area contributed by atoms with E-state index in [0.717, 1.165) is 31.6 Å². The molecule has 0 aliphatic carbocycles. The number of amides is 1. The molecule has 1 aliphatic heterocycles. The second-order valence-electron chi connectivity index (χ2n) is 7.65. The first-order valence-electron chi connectivity index (χ1n) is 10.3. The van der Waals surface area contributed by atoms with E-state index in [-0.39, 0.29) is 23.7 Å². The molecule has 6 heteroatoms. The van der Waals surface area contributed by atoms with Crippen LogP contribution in [0.5, 0.6) is 0 Å². The molecule has 2 atom stereocenters. The molecule has 1 N–H and O–H groups in total. The van der Waals surface area contributed by atoms with Gasteiger partial charge in [-0.15, -0.1) is 0 Å². The molecule has 0 bridgehead atoms. The van der Waals surface area contributed by atoms with E-state index >= 15 is 0 Å². The molecule has 4 rings (SSSR count). The first kappa shape index (κ1) is 20.2. The summed E-state index contributed by atoms with van der Waals surface area (Å²) in [6.45, 7) is 2.23. The van der Waals surface area contributed by atoms with Crippen LogP contribution in [0.1, 0.15) is 40.6 Å². The van der Waals surface area contributed by atoms with Crippen LogP contribution in [0.25, 0.3) is 0 Å². The van der Waals surface area contributed by atoms with Crippen molar-refractivity contribution in [3.05, 3.63) is 95.8 Å². The molecule has 1 aromatic carbocycles. The zero-order valence-electron chi connectivity index (χ0n) is 16.7. The van der Waals surface area contributed by atoms with Crippen molar-refractivity contribution in [3.63, 3.8) is 0 Å².